The molecule has 0 heterocycles. The van der Waals surface area contributed by atoms with Crippen LogP contribution in [0.5, 0.6) is 0 Å². The topological polar surface area (TPSA) is 78.4 Å². The van der Waals surface area contributed by atoms with E-state index in [0.717, 1.165) is 6.42 Å². The highest BCUT2D eigenvalue weighted by Gasteiger charge is 2.06. The van der Waals surface area contributed by atoms with Crippen molar-refractivity contribution in [1.29, 1.82) is 0 Å². The second kappa shape index (κ2) is 8.23. The van der Waals surface area contributed by atoms with E-state index >= 15 is 0 Å². The summed E-state index contributed by atoms with van der Waals surface area (Å²) in [6, 6.07) is 0.0713. The van der Waals surface area contributed by atoms with Crippen LogP contribution in [0.25, 0.3) is 0 Å². The van der Waals surface area contributed by atoms with E-state index in [1.165, 1.54) is 6.92 Å². The van der Waals surface area contributed by atoms with Gasteiger partial charge in [-0.15, -0.1) is 0 Å². The SMILES string of the molecule is CC(=O)NCCC(=O)NC(C)CCCO. The summed E-state index contributed by atoms with van der Waals surface area (Å²) in [7, 11) is 0. The van der Waals surface area contributed by atoms with Gasteiger partial charge >= 0.3 is 0 Å². The first-order valence-electron chi connectivity index (χ1n) is 5.21. The maximum atomic E-state index is 11.3. The van der Waals surface area contributed by atoms with E-state index in [4.69, 9.17) is 5.11 Å². The van der Waals surface area contributed by atoms with Gasteiger partial charge in [0.25, 0.3) is 0 Å². The lowest BCUT2D eigenvalue weighted by atomic mass is 10.2. The van der Waals surface area contributed by atoms with Gasteiger partial charge in [-0.05, 0) is 19.8 Å². The van der Waals surface area contributed by atoms with E-state index in [1.807, 2.05) is 6.92 Å². The van der Waals surface area contributed by atoms with Crippen LogP contribution in [-0.4, -0.2) is 36.1 Å². The van der Waals surface area contributed by atoms with Crippen molar-refractivity contribution in [2.75, 3.05) is 13.2 Å². The Balaban J connectivity index is 3.50. The number of aliphatic hydroxyl groups is 1. The fourth-order valence-corrected chi connectivity index (χ4v) is 1.17. The van der Waals surface area contributed by atoms with Crippen molar-refractivity contribution in [3.05, 3.63) is 0 Å². The first-order chi connectivity index (χ1) is 7.06. The summed E-state index contributed by atoms with van der Waals surface area (Å²) < 4.78 is 0. The fourth-order valence-electron chi connectivity index (χ4n) is 1.17. The molecule has 3 N–H and O–H groups in total. The molecule has 0 aromatic carbocycles. The Hall–Kier alpha value is -1.10. The Morgan fingerprint density at radius 3 is 2.60 bits per heavy atom. The average molecular weight is 216 g/mol. The summed E-state index contributed by atoms with van der Waals surface area (Å²) in [5.41, 5.74) is 0. The van der Waals surface area contributed by atoms with Crippen molar-refractivity contribution in [2.24, 2.45) is 0 Å². The van der Waals surface area contributed by atoms with Gasteiger partial charge in [0.05, 0.1) is 0 Å². The molecule has 0 bridgehead atoms. The average Bonchev–Trinajstić information content (AvgIpc) is 2.14. The standard InChI is InChI=1S/C10H20N2O3/c1-8(4-3-7-13)12-10(15)5-6-11-9(2)14/h8,13H,3-7H2,1-2H3,(H,11,14)(H,12,15). The van der Waals surface area contributed by atoms with Crippen LogP contribution in [0.3, 0.4) is 0 Å². The molecule has 0 saturated carbocycles. The highest BCUT2D eigenvalue weighted by Crippen LogP contribution is 1.95. The summed E-state index contributed by atoms with van der Waals surface area (Å²) in [4.78, 5) is 21.8. The third kappa shape index (κ3) is 9.21. The molecule has 0 aromatic rings. The molecule has 1 atom stereocenters. The van der Waals surface area contributed by atoms with Crippen LogP contribution in [0.4, 0.5) is 0 Å². The normalized spacial score (nSPS) is 11.9. The van der Waals surface area contributed by atoms with Crippen molar-refractivity contribution >= 4 is 11.8 Å². The van der Waals surface area contributed by atoms with E-state index in [2.05, 4.69) is 10.6 Å². The Bertz CT molecular complexity index is 207. The number of hydrogen-bond donors (Lipinski definition) is 3. The van der Waals surface area contributed by atoms with E-state index in [0.29, 0.717) is 19.4 Å². The van der Waals surface area contributed by atoms with Crippen LogP contribution < -0.4 is 10.6 Å². The molecule has 2 amide bonds. The predicted molar refractivity (Wildman–Crippen MR) is 57.2 cm³/mol. The van der Waals surface area contributed by atoms with Crippen LogP contribution in [0.15, 0.2) is 0 Å². The molecular weight excluding hydrogens is 196 g/mol. The zero-order valence-electron chi connectivity index (χ0n) is 9.38. The zero-order chi connectivity index (χ0) is 11.7. The monoisotopic (exact) mass is 216 g/mol. The smallest absolute Gasteiger partial charge is 0.221 e. The molecule has 88 valence electrons. The van der Waals surface area contributed by atoms with Crippen molar-refractivity contribution in [3.63, 3.8) is 0 Å². The molecule has 0 aromatic heterocycles. The highest BCUT2D eigenvalue weighted by atomic mass is 16.3. The highest BCUT2D eigenvalue weighted by molar-refractivity contribution is 5.78. The summed E-state index contributed by atoms with van der Waals surface area (Å²) in [5, 5.41) is 13.9. The minimum atomic E-state index is -0.129. The zero-order valence-corrected chi connectivity index (χ0v) is 9.38. The number of hydrogen-bond acceptors (Lipinski definition) is 3. The third-order valence-corrected chi connectivity index (χ3v) is 1.93. The van der Waals surface area contributed by atoms with Gasteiger partial charge in [-0.2, -0.15) is 0 Å². The molecule has 0 aliphatic rings. The Morgan fingerprint density at radius 1 is 1.40 bits per heavy atom. The van der Waals surface area contributed by atoms with Crippen LogP contribution in [-0.2, 0) is 9.59 Å². The Morgan fingerprint density at radius 2 is 2.07 bits per heavy atom. The van der Waals surface area contributed by atoms with Gasteiger partial charge in [0.15, 0.2) is 0 Å². The maximum Gasteiger partial charge on any atom is 0.221 e. The van der Waals surface area contributed by atoms with Gasteiger partial charge in [0.2, 0.25) is 11.8 Å². The Labute approximate surface area is 90.2 Å². The van der Waals surface area contributed by atoms with Crippen LogP contribution in [0, 0.1) is 0 Å². The lowest BCUT2D eigenvalue weighted by Gasteiger charge is -2.12. The number of carbonyl (C=O) groups is 2. The van der Waals surface area contributed by atoms with Crippen LogP contribution in [0.1, 0.15) is 33.1 Å². The minimum Gasteiger partial charge on any atom is -0.396 e. The van der Waals surface area contributed by atoms with Gasteiger partial charge in [-0.1, -0.05) is 0 Å². The number of carbonyl (C=O) groups excluding carboxylic acids is 2. The number of nitrogens with one attached hydrogen (secondary N) is 2. The van der Waals surface area contributed by atoms with Gasteiger partial charge in [-0.3, -0.25) is 9.59 Å². The second-order valence-corrected chi connectivity index (χ2v) is 3.57. The second-order valence-electron chi connectivity index (χ2n) is 3.57. The molecule has 0 fully saturated rings. The van der Waals surface area contributed by atoms with E-state index in [-0.39, 0.29) is 24.5 Å². The van der Waals surface area contributed by atoms with Crippen molar-refractivity contribution in [2.45, 2.75) is 39.2 Å². The summed E-state index contributed by atoms with van der Waals surface area (Å²) in [5.74, 6) is -0.203. The predicted octanol–water partition coefficient (Wildman–Crippen LogP) is -0.210. The number of rotatable bonds is 7. The first kappa shape index (κ1) is 13.9. The molecule has 0 aliphatic heterocycles. The van der Waals surface area contributed by atoms with E-state index in [9.17, 15) is 9.59 Å². The van der Waals surface area contributed by atoms with Gasteiger partial charge in [-0.25, -0.2) is 0 Å². The molecule has 0 aliphatic carbocycles. The molecule has 5 heteroatoms. The minimum absolute atomic E-state index is 0.0713. The van der Waals surface area contributed by atoms with Gasteiger partial charge in [0.1, 0.15) is 0 Å². The number of aliphatic hydroxyl groups excluding tert-OH is 1. The number of amides is 2. The van der Waals surface area contributed by atoms with E-state index in [1.54, 1.807) is 0 Å². The maximum absolute atomic E-state index is 11.3. The molecule has 1 unspecified atom stereocenters. The lowest BCUT2D eigenvalue weighted by molar-refractivity contribution is -0.122. The van der Waals surface area contributed by atoms with E-state index < -0.39 is 0 Å². The van der Waals surface area contributed by atoms with Gasteiger partial charge < -0.3 is 15.7 Å². The summed E-state index contributed by atoms with van der Waals surface area (Å²) in [6.07, 6.45) is 1.75. The molecule has 15 heavy (non-hydrogen) atoms. The quantitative estimate of drug-likeness (QED) is 0.551. The molecule has 5 nitrogen and oxygen atoms in total. The van der Waals surface area contributed by atoms with Crippen LogP contribution >= 0.6 is 0 Å². The largest absolute Gasteiger partial charge is 0.396 e. The van der Waals surface area contributed by atoms with Crippen molar-refractivity contribution in [1.82, 2.24) is 10.6 Å². The third-order valence-electron chi connectivity index (χ3n) is 1.93. The lowest BCUT2D eigenvalue weighted by Crippen LogP contribution is -2.35. The van der Waals surface area contributed by atoms with Crippen molar-refractivity contribution in [3.8, 4) is 0 Å². The summed E-state index contributed by atoms with van der Waals surface area (Å²) >= 11 is 0. The molecule has 0 rings (SSSR count). The molecular formula is C10H20N2O3. The van der Waals surface area contributed by atoms with Crippen LogP contribution in [0.2, 0.25) is 0 Å². The Kier molecular flexibility index (Phi) is 7.62. The van der Waals surface area contributed by atoms with Crippen molar-refractivity contribution < 1.29 is 14.7 Å². The first-order valence-corrected chi connectivity index (χ1v) is 5.21. The molecule has 0 radical (unpaired) electrons. The summed E-state index contributed by atoms with van der Waals surface area (Å²) in [6.45, 7) is 3.83. The molecule has 0 spiro atoms. The molecule has 0 saturated heterocycles. The fraction of sp³-hybridized carbons (Fsp3) is 0.800. The van der Waals surface area contributed by atoms with Gasteiger partial charge in [0, 0.05) is 32.5 Å².